The van der Waals surface area contributed by atoms with E-state index in [-0.39, 0.29) is 6.09 Å². The molecule has 0 saturated carbocycles. The third-order valence-corrected chi connectivity index (χ3v) is 3.85. The van der Waals surface area contributed by atoms with Crippen molar-refractivity contribution in [2.75, 3.05) is 26.7 Å². The molecule has 110 valence electrons. The third-order valence-electron chi connectivity index (χ3n) is 3.85. The third kappa shape index (κ3) is 4.53. The van der Waals surface area contributed by atoms with Gasteiger partial charge < -0.3 is 15.0 Å². The van der Waals surface area contributed by atoms with E-state index in [0.29, 0.717) is 6.04 Å². The van der Waals surface area contributed by atoms with Crippen LogP contribution in [0.25, 0.3) is 0 Å². The first kappa shape index (κ1) is 14.9. The number of likely N-dealkylation sites (tertiary alicyclic amines) is 1. The molecule has 0 bridgehead atoms. The Labute approximate surface area is 121 Å². The molecular formula is C16H24N2O2. The van der Waals surface area contributed by atoms with Gasteiger partial charge in [-0.2, -0.15) is 0 Å². The standard InChI is InChI=1S/C16H24N2O2/c1-20-16(19)18-12-9-15(10-13-18)17-11-5-8-14-6-3-2-4-7-14/h2-4,6-7,15,17H,5,8-13H2,1H3. The lowest BCUT2D eigenvalue weighted by atomic mass is 10.0. The highest BCUT2D eigenvalue weighted by Gasteiger charge is 2.22. The molecule has 1 aliphatic heterocycles. The Morgan fingerprint density at radius 1 is 1.30 bits per heavy atom. The molecule has 1 aliphatic rings. The minimum absolute atomic E-state index is 0.201. The fourth-order valence-electron chi connectivity index (χ4n) is 2.64. The number of amides is 1. The zero-order chi connectivity index (χ0) is 14.2. The summed E-state index contributed by atoms with van der Waals surface area (Å²) in [4.78, 5) is 13.2. The van der Waals surface area contributed by atoms with Gasteiger partial charge in [-0.3, -0.25) is 0 Å². The van der Waals surface area contributed by atoms with Crippen LogP contribution in [0.4, 0.5) is 4.79 Å². The summed E-state index contributed by atoms with van der Waals surface area (Å²) in [6, 6.07) is 11.1. The van der Waals surface area contributed by atoms with E-state index in [1.165, 1.54) is 12.7 Å². The fourth-order valence-corrected chi connectivity index (χ4v) is 2.64. The number of ether oxygens (including phenoxy) is 1. The van der Waals surface area contributed by atoms with Crippen LogP contribution >= 0.6 is 0 Å². The normalized spacial score (nSPS) is 16.1. The van der Waals surface area contributed by atoms with Crippen LogP contribution in [0.5, 0.6) is 0 Å². The van der Waals surface area contributed by atoms with E-state index in [4.69, 9.17) is 4.74 Å². The lowest BCUT2D eigenvalue weighted by Crippen LogP contribution is -2.45. The highest BCUT2D eigenvalue weighted by atomic mass is 16.5. The number of aryl methyl sites for hydroxylation is 1. The molecule has 0 atom stereocenters. The molecule has 4 heteroatoms. The van der Waals surface area contributed by atoms with Crippen molar-refractivity contribution in [1.29, 1.82) is 0 Å². The maximum Gasteiger partial charge on any atom is 0.409 e. The molecule has 1 heterocycles. The number of piperidine rings is 1. The molecule has 1 aromatic rings. The summed E-state index contributed by atoms with van der Waals surface area (Å²) in [5.41, 5.74) is 1.40. The summed E-state index contributed by atoms with van der Waals surface area (Å²) in [5.74, 6) is 0. The van der Waals surface area contributed by atoms with E-state index >= 15 is 0 Å². The van der Waals surface area contributed by atoms with E-state index in [2.05, 4.69) is 35.6 Å². The summed E-state index contributed by atoms with van der Waals surface area (Å²) < 4.78 is 4.74. The molecular weight excluding hydrogens is 252 g/mol. The molecule has 0 aliphatic carbocycles. The second-order valence-corrected chi connectivity index (χ2v) is 5.27. The first-order valence-electron chi connectivity index (χ1n) is 7.40. The number of carbonyl (C=O) groups excluding carboxylic acids is 1. The molecule has 1 fully saturated rings. The number of hydrogen-bond donors (Lipinski definition) is 1. The molecule has 2 rings (SSSR count). The van der Waals surface area contributed by atoms with E-state index in [9.17, 15) is 4.79 Å². The van der Waals surface area contributed by atoms with E-state index in [0.717, 1.165) is 45.3 Å². The quantitative estimate of drug-likeness (QED) is 0.840. The highest BCUT2D eigenvalue weighted by Crippen LogP contribution is 2.11. The van der Waals surface area contributed by atoms with Crippen LogP contribution in [0, 0.1) is 0 Å². The zero-order valence-corrected chi connectivity index (χ0v) is 12.2. The first-order valence-corrected chi connectivity index (χ1v) is 7.40. The topological polar surface area (TPSA) is 41.6 Å². The monoisotopic (exact) mass is 276 g/mol. The largest absolute Gasteiger partial charge is 0.453 e. The summed E-state index contributed by atoms with van der Waals surface area (Å²) in [5, 5.41) is 3.59. The number of rotatable bonds is 5. The molecule has 1 N–H and O–H groups in total. The van der Waals surface area contributed by atoms with Gasteiger partial charge in [-0.25, -0.2) is 4.79 Å². The first-order chi connectivity index (χ1) is 9.79. The van der Waals surface area contributed by atoms with Gasteiger partial charge in [0.25, 0.3) is 0 Å². The number of hydrogen-bond acceptors (Lipinski definition) is 3. The molecule has 0 spiro atoms. The maximum absolute atomic E-state index is 11.4. The Hall–Kier alpha value is -1.55. The second kappa shape index (κ2) is 7.90. The zero-order valence-electron chi connectivity index (χ0n) is 12.2. The van der Waals surface area contributed by atoms with E-state index in [1.54, 1.807) is 4.90 Å². The summed E-state index contributed by atoms with van der Waals surface area (Å²) in [6.07, 6.45) is 4.10. The Balaban J connectivity index is 1.58. The van der Waals surface area contributed by atoms with Gasteiger partial charge in [0, 0.05) is 19.1 Å². The number of carbonyl (C=O) groups is 1. The van der Waals surface area contributed by atoms with Crippen LogP contribution < -0.4 is 5.32 Å². The van der Waals surface area contributed by atoms with E-state index in [1.807, 2.05) is 0 Å². The van der Waals surface area contributed by atoms with Gasteiger partial charge in [-0.05, 0) is 37.8 Å². The Kier molecular flexibility index (Phi) is 5.87. The number of nitrogens with zero attached hydrogens (tertiary/aromatic N) is 1. The molecule has 1 aromatic carbocycles. The molecule has 0 unspecified atom stereocenters. The number of benzene rings is 1. The van der Waals surface area contributed by atoms with Crippen LogP contribution in [0.1, 0.15) is 24.8 Å². The van der Waals surface area contributed by atoms with Crippen molar-refractivity contribution in [3.8, 4) is 0 Å². The molecule has 0 radical (unpaired) electrons. The number of methoxy groups -OCH3 is 1. The lowest BCUT2D eigenvalue weighted by Gasteiger charge is -2.31. The van der Waals surface area contributed by atoms with Gasteiger partial charge in [0.1, 0.15) is 0 Å². The maximum atomic E-state index is 11.4. The SMILES string of the molecule is COC(=O)N1CCC(NCCCc2ccccc2)CC1. The lowest BCUT2D eigenvalue weighted by molar-refractivity contribution is 0.110. The van der Waals surface area contributed by atoms with Crippen molar-refractivity contribution >= 4 is 6.09 Å². The van der Waals surface area contributed by atoms with Gasteiger partial charge in [-0.15, -0.1) is 0 Å². The van der Waals surface area contributed by atoms with Crippen LogP contribution in [-0.2, 0) is 11.2 Å². The number of nitrogens with one attached hydrogen (secondary N) is 1. The minimum Gasteiger partial charge on any atom is -0.453 e. The average molecular weight is 276 g/mol. The van der Waals surface area contributed by atoms with Crippen molar-refractivity contribution in [3.63, 3.8) is 0 Å². The Bertz CT molecular complexity index is 400. The minimum atomic E-state index is -0.201. The molecule has 0 aromatic heterocycles. The van der Waals surface area contributed by atoms with Crippen molar-refractivity contribution in [2.45, 2.75) is 31.7 Å². The fraction of sp³-hybridized carbons (Fsp3) is 0.562. The predicted molar refractivity (Wildman–Crippen MR) is 79.8 cm³/mol. The molecule has 4 nitrogen and oxygen atoms in total. The van der Waals surface area contributed by atoms with Crippen molar-refractivity contribution in [1.82, 2.24) is 10.2 Å². The average Bonchev–Trinajstić information content (AvgIpc) is 2.52. The van der Waals surface area contributed by atoms with Crippen LogP contribution in [0.15, 0.2) is 30.3 Å². The molecule has 20 heavy (non-hydrogen) atoms. The van der Waals surface area contributed by atoms with Crippen molar-refractivity contribution < 1.29 is 9.53 Å². The Morgan fingerprint density at radius 2 is 2.00 bits per heavy atom. The van der Waals surface area contributed by atoms with Gasteiger partial charge in [0.05, 0.1) is 7.11 Å². The summed E-state index contributed by atoms with van der Waals surface area (Å²) >= 11 is 0. The summed E-state index contributed by atoms with van der Waals surface area (Å²) in [7, 11) is 1.44. The van der Waals surface area contributed by atoms with Crippen molar-refractivity contribution in [3.05, 3.63) is 35.9 Å². The Morgan fingerprint density at radius 3 is 2.65 bits per heavy atom. The van der Waals surface area contributed by atoms with Crippen LogP contribution in [-0.4, -0.2) is 43.8 Å². The highest BCUT2D eigenvalue weighted by molar-refractivity contribution is 5.67. The molecule has 1 amide bonds. The second-order valence-electron chi connectivity index (χ2n) is 5.27. The predicted octanol–water partition coefficient (Wildman–Crippen LogP) is 2.44. The summed E-state index contributed by atoms with van der Waals surface area (Å²) in [6.45, 7) is 2.63. The molecule has 1 saturated heterocycles. The van der Waals surface area contributed by atoms with E-state index < -0.39 is 0 Å². The van der Waals surface area contributed by atoms with Crippen LogP contribution in [0.3, 0.4) is 0 Å². The van der Waals surface area contributed by atoms with Gasteiger partial charge >= 0.3 is 6.09 Å². The van der Waals surface area contributed by atoms with Gasteiger partial charge in [0.2, 0.25) is 0 Å². The smallest absolute Gasteiger partial charge is 0.409 e. The van der Waals surface area contributed by atoms with Gasteiger partial charge in [-0.1, -0.05) is 30.3 Å². The van der Waals surface area contributed by atoms with Crippen molar-refractivity contribution in [2.24, 2.45) is 0 Å². The van der Waals surface area contributed by atoms with Gasteiger partial charge in [0.15, 0.2) is 0 Å². The van der Waals surface area contributed by atoms with Crippen LogP contribution in [0.2, 0.25) is 0 Å².